The highest BCUT2D eigenvalue weighted by Crippen LogP contribution is 2.16. The molecule has 1 aromatic heterocycles. The quantitative estimate of drug-likeness (QED) is 0.792. The molecule has 1 aromatic rings. The van der Waals surface area contributed by atoms with Crippen molar-refractivity contribution >= 4 is 5.97 Å². The molecule has 0 amide bonds. The van der Waals surface area contributed by atoms with Crippen molar-refractivity contribution in [3.63, 3.8) is 0 Å². The molecule has 1 rings (SSSR count). The van der Waals surface area contributed by atoms with Crippen LogP contribution in [0, 0.1) is 19.8 Å². The third-order valence-electron chi connectivity index (χ3n) is 2.59. The van der Waals surface area contributed by atoms with Gasteiger partial charge in [0.2, 0.25) is 0 Å². The number of carbonyl (C=O) groups is 1. The molecule has 4 nitrogen and oxygen atoms in total. The Bertz CT molecular complexity index is 355. The van der Waals surface area contributed by atoms with E-state index in [0.29, 0.717) is 6.42 Å². The Morgan fingerprint density at radius 2 is 2.14 bits per heavy atom. The van der Waals surface area contributed by atoms with Crippen LogP contribution in [0.2, 0.25) is 0 Å². The summed E-state index contributed by atoms with van der Waals surface area (Å²) >= 11 is 0. The summed E-state index contributed by atoms with van der Waals surface area (Å²) in [5.41, 5.74) is 3.04. The molecule has 0 aromatic carbocycles. The monoisotopic (exact) mass is 196 g/mol. The summed E-state index contributed by atoms with van der Waals surface area (Å²) in [4.78, 5) is 10.7. The maximum absolute atomic E-state index is 10.7. The molecule has 0 radical (unpaired) electrons. The number of nitrogens with zero attached hydrogens (tertiary/aromatic N) is 2. The first-order valence-corrected chi connectivity index (χ1v) is 4.65. The van der Waals surface area contributed by atoms with Crippen molar-refractivity contribution in [2.45, 2.75) is 27.2 Å². The molecule has 0 aliphatic carbocycles. The minimum atomic E-state index is -0.757. The Balaban J connectivity index is 2.91. The van der Waals surface area contributed by atoms with Crippen molar-refractivity contribution in [2.24, 2.45) is 13.0 Å². The fourth-order valence-electron chi connectivity index (χ4n) is 1.51. The van der Waals surface area contributed by atoms with E-state index in [1.54, 1.807) is 11.6 Å². The van der Waals surface area contributed by atoms with E-state index in [-0.39, 0.29) is 5.92 Å². The summed E-state index contributed by atoms with van der Waals surface area (Å²) < 4.78 is 1.79. The predicted octanol–water partition coefficient (Wildman–Crippen LogP) is 1.30. The van der Waals surface area contributed by atoms with E-state index in [9.17, 15) is 4.79 Å². The lowest BCUT2D eigenvalue weighted by molar-refractivity contribution is -0.141. The Kier molecular flexibility index (Phi) is 2.93. The maximum atomic E-state index is 10.7. The molecular weight excluding hydrogens is 180 g/mol. The minimum Gasteiger partial charge on any atom is -0.481 e. The molecule has 0 aliphatic heterocycles. The van der Waals surface area contributed by atoms with Crippen LogP contribution in [0.5, 0.6) is 0 Å². The zero-order valence-electron chi connectivity index (χ0n) is 9.03. The molecule has 1 unspecified atom stereocenters. The molecule has 1 heterocycles. The predicted molar refractivity (Wildman–Crippen MR) is 53.2 cm³/mol. The Hall–Kier alpha value is -1.32. The van der Waals surface area contributed by atoms with Gasteiger partial charge in [-0.2, -0.15) is 5.10 Å². The standard InChI is InChI=1S/C10H16N2O2/c1-6(10(13)14)5-9-7(2)11-12(4)8(9)3/h6H,5H2,1-4H3,(H,13,14). The fourth-order valence-corrected chi connectivity index (χ4v) is 1.51. The zero-order chi connectivity index (χ0) is 10.9. The maximum Gasteiger partial charge on any atom is 0.306 e. The normalized spacial score (nSPS) is 12.9. The first kappa shape index (κ1) is 10.8. The van der Waals surface area contributed by atoms with Crippen LogP contribution in [0.1, 0.15) is 23.9 Å². The average Bonchev–Trinajstić information content (AvgIpc) is 2.32. The molecule has 1 N–H and O–H groups in total. The van der Waals surface area contributed by atoms with Crippen LogP contribution in [-0.2, 0) is 18.3 Å². The van der Waals surface area contributed by atoms with Crippen molar-refractivity contribution in [1.29, 1.82) is 0 Å². The summed E-state index contributed by atoms with van der Waals surface area (Å²) in [5, 5.41) is 13.1. The van der Waals surface area contributed by atoms with Gasteiger partial charge in [0.05, 0.1) is 11.6 Å². The summed E-state index contributed by atoms with van der Waals surface area (Å²) in [5.74, 6) is -1.11. The van der Waals surface area contributed by atoms with E-state index in [1.807, 2.05) is 20.9 Å². The van der Waals surface area contributed by atoms with E-state index in [2.05, 4.69) is 5.10 Å². The highest BCUT2D eigenvalue weighted by molar-refractivity contribution is 5.70. The minimum absolute atomic E-state index is 0.350. The van der Waals surface area contributed by atoms with Gasteiger partial charge in [-0.15, -0.1) is 0 Å². The van der Waals surface area contributed by atoms with E-state index < -0.39 is 5.97 Å². The number of hydrogen-bond acceptors (Lipinski definition) is 2. The van der Waals surface area contributed by atoms with Crippen molar-refractivity contribution < 1.29 is 9.90 Å². The number of aromatic nitrogens is 2. The summed E-state index contributed by atoms with van der Waals surface area (Å²) in [7, 11) is 1.87. The van der Waals surface area contributed by atoms with Crippen molar-refractivity contribution in [2.75, 3.05) is 0 Å². The number of rotatable bonds is 3. The van der Waals surface area contributed by atoms with Gasteiger partial charge in [-0.1, -0.05) is 6.92 Å². The van der Waals surface area contributed by atoms with Crippen LogP contribution in [0.25, 0.3) is 0 Å². The molecule has 78 valence electrons. The summed E-state index contributed by atoms with van der Waals surface area (Å²) in [6.07, 6.45) is 0.556. The SMILES string of the molecule is Cc1nn(C)c(C)c1CC(C)C(=O)O. The smallest absolute Gasteiger partial charge is 0.306 e. The second-order valence-electron chi connectivity index (χ2n) is 3.72. The third-order valence-corrected chi connectivity index (χ3v) is 2.59. The highest BCUT2D eigenvalue weighted by atomic mass is 16.4. The first-order chi connectivity index (χ1) is 6.43. The second-order valence-corrected chi connectivity index (χ2v) is 3.72. The molecule has 0 saturated heterocycles. The van der Waals surface area contributed by atoms with Crippen LogP contribution in [0.3, 0.4) is 0 Å². The second kappa shape index (κ2) is 3.82. The largest absolute Gasteiger partial charge is 0.481 e. The Labute approximate surface area is 83.5 Å². The molecule has 0 aliphatic rings. The number of carboxylic acids is 1. The van der Waals surface area contributed by atoms with E-state index >= 15 is 0 Å². The zero-order valence-corrected chi connectivity index (χ0v) is 9.03. The van der Waals surface area contributed by atoms with Crippen LogP contribution in [0.15, 0.2) is 0 Å². The molecule has 0 spiro atoms. The fraction of sp³-hybridized carbons (Fsp3) is 0.600. The van der Waals surface area contributed by atoms with Crippen molar-refractivity contribution in [3.05, 3.63) is 17.0 Å². The summed E-state index contributed by atoms with van der Waals surface area (Å²) in [6, 6.07) is 0. The van der Waals surface area contributed by atoms with Gasteiger partial charge < -0.3 is 5.11 Å². The Morgan fingerprint density at radius 3 is 2.50 bits per heavy atom. The highest BCUT2D eigenvalue weighted by Gasteiger charge is 2.17. The molecule has 0 bridgehead atoms. The van der Waals surface area contributed by atoms with Gasteiger partial charge in [0.1, 0.15) is 0 Å². The Morgan fingerprint density at radius 1 is 1.57 bits per heavy atom. The molecule has 4 heteroatoms. The number of aliphatic carboxylic acids is 1. The summed E-state index contributed by atoms with van der Waals surface area (Å²) in [6.45, 7) is 5.59. The lowest BCUT2D eigenvalue weighted by Gasteiger charge is -2.06. The van der Waals surface area contributed by atoms with Gasteiger partial charge in [0.25, 0.3) is 0 Å². The molecule has 0 saturated carbocycles. The van der Waals surface area contributed by atoms with Gasteiger partial charge in [-0.05, 0) is 25.8 Å². The van der Waals surface area contributed by atoms with E-state index in [0.717, 1.165) is 17.0 Å². The van der Waals surface area contributed by atoms with Gasteiger partial charge in [-0.25, -0.2) is 0 Å². The van der Waals surface area contributed by atoms with Crippen molar-refractivity contribution in [1.82, 2.24) is 9.78 Å². The lowest BCUT2D eigenvalue weighted by atomic mass is 10.00. The van der Waals surface area contributed by atoms with Crippen LogP contribution < -0.4 is 0 Å². The van der Waals surface area contributed by atoms with E-state index in [4.69, 9.17) is 5.11 Å². The van der Waals surface area contributed by atoms with E-state index in [1.165, 1.54) is 0 Å². The molecular formula is C10H16N2O2. The number of carboxylic acid groups (broad SMARTS) is 1. The lowest BCUT2D eigenvalue weighted by Crippen LogP contribution is -2.13. The van der Waals surface area contributed by atoms with Crippen molar-refractivity contribution in [3.8, 4) is 0 Å². The topological polar surface area (TPSA) is 55.1 Å². The van der Waals surface area contributed by atoms with Gasteiger partial charge in [0.15, 0.2) is 0 Å². The van der Waals surface area contributed by atoms with Gasteiger partial charge in [0, 0.05) is 12.7 Å². The third kappa shape index (κ3) is 1.95. The van der Waals surface area contributed by atoms with Gasteiger partial charge in [-0.3, -0.25) is 9.48 Å². The van der Waals surface area contributed by atoms with Crippen LogP contribution in [-0.4, -0.2) is 20.9 Å². The number of aryl methyl sites for hydroxylation is 2. The van der Waals surface area contributed by atoms with Crippen LogP contribution >= 0.6 is 0 Å². The molecule has 1 atom stereocenters. The molecule has 14 heavy (non-hydrogen) atoms. The van der Waals surface area contributed by atoms with Crippen LogP contribution in [0.4, 0.5) is 0 Å². The van der Waals surface area contributed by atoms with Gasteiger partial charge >= 0.3 is 5.97 Å². The molecule has 0 fully saturated rings. The number of hydrogen-bond donors (Lipinski definition) is 1. The first-order valence-electron chi connectivity index (χ1n) is 4.65. The average molecular weight is 196 g/mol.